The molecule has 17 heavy (non-hydrogen) atoms. The highest BCUT2D eigenvalue weighted by atomic mass is 79.9. The summed E-state index contributed by atoms with van der Waals surface area (Å²) in [5.41, 5.74) is 0.449. The number of aliphatic hydroxyl groups is 1. The van der Waals surface area contributed by atoms with Crippen molar-refractivity contribution in [1.82, 2.24) is 9.78 Å². The molecule has 6 heteroatoms. The molecule has 2 N–H and O–H groups in total. The quantitative estimate of drug-likeness (QED) is 0.864. The summed E-state index contributed by atoms with van der Waals surface area (Å²) in [5, 5.41) is 16.1. The van der Waals surface area contributed by atoms with Crippen molar-refractivity contribution >= 4 is 21.6 Å². The molecule has 1 aromatic heterocycles. The van der Waals surface area contributed by atoms with Gasteiger partial charge in [-0.05, 0) is 28.8 Å². The number of nitrogens with one attached hydrogen (secondary N) is 1. The van der Waals surface area contributed by atoms with Crippen molar-refractivity contribution in [2.24, 2.45) is 5.92 Å². The van der Waals surface area contributed by atoms with E-state index in [1.807, 2.05) is 20.8 Å². The minimum atomic E-state index is -0.158. The average Bonchev–Trinajstić information content (AvgIpc) is 2.28. The molecule has 0 spiro atoms. The molecule has 0 saturated heterocycles. The van der Waals surface area contributed by atoms with Crippen LogP contribution in [0.4, 0.5) is 5.69 Å². The van der Waals surface area contributed by atoms with Crippen LogP contribution in [0, 0.1) is 5.92 Å². The predicted octanol–water partition coefficient (Wildman–Crippen LogP) is 1.45. The second-order valence-corrected chi connectivity index (χ2v) is 5.27. The second-order valence-electron chi connectivity index (χ2n) is 4.48. The Labute approximate surface area is 109 Å². The summed E-state index contributed by atoms with van der Waals surface area (Å²) in [4.78, 5) is 11.9. The lowest BCUT2D eigenvalue weighted by atomic mass is 10.2. The monoisotopic (exact) mass is 303 g/mol. The third kappa shape index (κ3) is 3.81. The molecular weight excluding hydrogens is 286 g/mol. The summed E-state index contributed by atoms with van der Waals surface area (Å²) in [6.45, 7) is 6.48. The van der Waals surface area contributed by atoms with Crippen LogP contribution in [0.1, 0.15) is 20.8 Å². The van der Waals surface area contributed by atoms with E-state index in [1.54, 1.807) is 6.20 Å². The van der Waals surface area contributed by atoms with Gasteiger partial charge in [-0.15, -0.1) is 0 Å². The first-order valence-corrected chi connectivity index (χ1v) is 6.38. The highest BCUT2D eigenvalue weighted by Crippen LogP contribution is 2.17. The van der Waals surface area contributed by atoms with Crippen molar-refractivity contribution in [1.29, 1.82) is 0 Å². The number of halogens is 1. The molecule has 0 saturated carbocycles. The number of nitrogens with zero attached hydrogens (tertiary/aromatic N) is 2. The zero-order valence-corrected chi connectivity index (χ0v) is 11.9. The van der Waals surface area contributed by atoms with Crippen LogP contribution >= 0.6 is 15.9 Å². The molecule has 0 bridgehead atoms. The van der Waals surface area contributed by atoms with E-state index < -0.39 is 0 Å². The standard InChI is InChI=1S/C11H18BrN3O2/c1-7(2)5-15-11(17)10(12)9(4-13-15)14-8(3)6-16/h4,7-8,14,16H,5-6H2,1-3H3. The number of rotatable bonds is 5. The van der Waals surface area contributed by atoms with Crippen LogP contribution in [0.25, 0.3) is 0 Å². The molecule has 1 aromatic rings. The van der Waals surface area contributed by atoms with Crippen LogP contribution in [-0.2, 0) is 6.54 Å². The van der Waals surface area contributed by atoms with Crippen LogP contribution in [-0.4, -0.2) is 27.5 Å². The molecular formula is C11H18BrN3O2. The minimum absolute atomic E-state index is 0.00151. The Morgan fingerprint density at radius 3 is 2.71 bits per heavy atom. The number of hydrogen-bond donors (Lipinski definition) is 2. The highest BCUT2D eigenvalue weighted by molar-refractivity contribution is 9.10. The Morgan fingerprint density at radius 1 is 1.53 bits per heavy atom. The smallest absolute Gasteiger partial charge is 0.283 e. The summed E-state index contributed by atoms with van der Waals surface area (Å²) in [6.07, 6.45) is 1.60. The molecule has 0 aliphatic carbocycles. The largest absolute Gasteiger partial charge is 0.394 e. The van der Waals surface area contributed by atoms with Gasteiger partial charge < -0.3 is 10.4 Å². The number of anilines is 1. The Balaban J connectivity index is 2.98. The van der Waals surface area contributed by atoms with Crippen molar-refractivity contribution in [3.05, 3.63) is 21.0 Å². The van der Waals surface area contributed by atoms with Gasteiger partial charge in [0.1, 0.15) is 4.47 Å². The van der Waals surface area contributed by atoms with Crippen molar-refractivity contribution in [3.8, 4) is 0 Å². The third-order valence-electron chi connectivity index (χ3n) is 2.20. The Morgan fingerprint density at radius 2 is 2.18 bits per heavy atom. The maximum atomic E-state index is 11.9. The third-order valence-corrected chi connectivity index (χ3v) is 2.97. The van der Waals surface area contributed by atoms with Gasteiger partial charge in [0.25, 0.3) is 5.56 Å². The van der Waals surface area contributed by atoms with Gasteiger partial charge in [0, 0.05) is 12.6 Å². The summed E-state index contributed by atoms with van der Waals surface area (Å²) in [6, 6.07) is -0.117. The molecule has 1 heterocycles. The summed E-state index contributed by atoms with van der Waals surface area (Å²) >= 11 is 3.26. The zero-order valence-electron chi connectivity index (χ0n) is 10.3. The lowest BCUT2D eigenvalue weighted by Gasteiger charge is -2.14. The molecule has 0 radical (unpaired) electrons. The zero-order chi connectivity index (χ0) is 13.0. The van der Waals surface area contributed by atoms with E-state index in [1.165, 1.54) is 4.68 Å². The second kappa shape index (κ2) is 6.16. The van der Waals surface area contributed by atoms with Gasteiger partial charge in [0.05, 0.1) is 18.5 Å². The van der Waals surface area contributed by atoms with Gasteiger partial charge in [0.2, 0.25) is 0 Å². The van der Waals surface area contributed by atoms with Crippen LogP contribution in [0.5, 0.6) is 0 Å². The Bertz CT molecular complexity index is 431. The van der Waals surface area contributed by atoms with E-state index in [4.69, 9.17) is 5.11 Å². The average molecular weight is 304 g/mol. The van der Waals surface area contributed by atoms with E-state index >= 15 is 0 Å². The van der Waals surface area contributed by atoms with Crippen molar-refractivity contribution < 1.29 is 5.11 Å². The molecule has 0 aliphatic heterocycles. The van der Waals surface area contributed by atoms with E-state index in [-0.39, 0.29) is 18.2 Å². The van der Waals surface area contributed by atoms with Gasteiger partial charge in [-0.2, -0.15) is 5.10 Å². The fourth-order valence-electron chi connectivity index (χ4n) is 1.35. The maximum absolute atomic E-state index is 11.9. The van der Waals surface area contributed by atoms with E-state index in [2.05, 4.69) is 26.3 Å². The van der Waals surface area contributed by atoms with E-state index in [0.717, 1.165) is 0 Å². The van der Waals surface area contributed by atoms with Crippen molar-refractivity contribution in [2.45, 2.75) is 33.4 Å². The number of aromatic nitrogens is 2. The molecule has 1 rings (SSSR count). The van der Waals surface area contributed by atoms with Gasteiger partial charge in [-0.3, -0.25) is 4.79 Å². The summed E-state index contributed by atoms with van der Waals surface area (Å²) < 4.78 is 1.89. The van der Waals surface area contributed by atoms with Gasteiger partial charge in [-0.25, -0.2) is 4.68 Å². The number of aliphatic hydroxyl groups excluding tert-OH is 1. The summed E-state index contributed by atoms with van der Waals surface area (Å²) in [7, 11) is 0. The van der Waals surface area contributed by atoms with Gasteiger partial charge in [-0.1, -0.05) is 13.8 Å². The predicted molar refractivity (Wildman–Crippen MR) is 71.2 cm³/mol. The fraction of sp³-hybridized carbons (Fsp3) is 0.636. The topological polar surface area (TPSA) is 67.2 Å². The van der Waals surface area contributed by atoms with E-state index in [9.17, 15) is 4.79 Å². The Hall–Kier alpha value is -0.880. The van der Waals surface area contributed by atoms with Crippen molar-refractivity contribution in [2.75, 3.05) is 11.9 Å². The van der Waals surface area contributed by atoms with Crippen LogP contribution in [0.3, 0.4) is 0 Å². The minimum Gasteiger partial charge on any atom is -0.394 e. The molecule has 1 unspecified atom stereocenters. The van der Waals surface area contributed by atoms with E-state index in [0.29, 0.717) is 22.6 Å². The molecule has 5 nitrogen and oxygen atoms in total. The lowest BCUT2D eigenvalue weighted by Crippen LogP contribution is -2.28. The molecule has 0 aromatic carbocycles. The molecule has 0 aliphatic rings. The Kier molecular flexibility index (Phi) is 5.14. The first-order valence-electron chi connectivity index (χ1n) is 5.58. The van der Waals surface area contributed by atoms with Crippen LogP contribution in [0.2, 0.25) is 0 Å². The van der Waals surface area contributed by atoms with Crippen LogP contribution < -0.4 is 10.9 Å². The normalized spacial score (nSPS) is 12.8. The highest BCUT2D eigenvalue weighted by Gasteiger charge is 2.11. The fourth-order valence-corrected chi connectivity index (χ4v) is 1.77. The number of hydrogen-bond acceptors (Lipinski definition) is 4. The van der Waals surface area contributed by atoms with Gasteiger partial charge in [0.15, 0.2) is 0 Å². The van der Waals surface area contributed by atoms with Gasteiger partial charge >= 0.3 is 0 Å². The molecule has 0 amide bonds. The molecule has 1 atom stereocenters. The SMILES string of the molecule is CC(C)Cn1ncc(NC(C)CO)c(Br)c1=O. The first-order chi connectivity index (χ1) is 7.95. The van der Waals surface area contributed by atoms with Crippen LogP contribution in [0.15, 0.2) is 15.5 Å². The lowest BCUT2D eigenvalue weighted by molar-refractivity contribution is 0.281. The maximum Gasteiger partial charge on any atom is 0.283 e. The van der Waals surface area contributed by atoms with Crippen molar-refractivity contribution in [3.63, 3.8) is 0 Å². The first kappa shape index (κ1) is 14.2. The molecule has 0 fully saturated rings. The molecule has 96 valence electrons. The summed E-state index contributed by atoms with van der Waals surface area (Å²) in [5.74, 6) is 0.363.